The quantitative estimate of drug-likeness (QED) is 0.441. The van der Waals surface area contributed by atoms with E-state index in [0.29, 0.717) is 5.84 Å². The van der Waals surface area contributed by atoms with Crippen LogP contribution in [0.5, 0.6) is 0 Å². The number of benzene rings is 1. The monoisotopic (exact) mass is 196 g/mol. The zero-order valence-corrected chi connectivity index (χ0v) is 8.60. The summed E-state index contributed by atoms with van der Waals surface area (Å²) in [5.41, 5.74) is 8.73. The third-order valence-corrected chi connectivity index (χ3v) is 2.04. The number of nitrogens with two attached hydrogens (primary N) is 1. The topological polar surface area (TPSA) is 38.4 Å². The Labute approximate surface area is 83.4 Å². The van der Waals surface area contributed by atoms with Gasteiger partial charge in [0, 0.05) is 0 Å². The molecule has 3 heteroatoms. The van der Waals surface area contributed by atoms with Crippen molar-refractivity contribution in [3.05, 3.63) is 29.3 Å². The lowest BCUT2D eigenvalue weighted by atomic mass is 10.1. The Morgan fingerprint density at radius 1 is 1.46 bits per heavy atom. The Bertz CT molecular complexity index is 332. The summed E-state index contributed by atoms with van der Waals surface area (Å²) in [5.74, 6) is 0.725. The minimum Gasteiger partial charge on any atom is -0.386 e. The van der Waals surface area contributed by atoms with E-state index in [1.54, 1.807) is 0 Å². The molecule has 0 saturated heterocycles. The van der Waals surface area contributed by atoms with E-state index in [-0.39, 0.29) is 5.88 Å². The number of aryl methyl sites for hydroxylation is 2. The summed E-state index contributed by atoms with van der Waals surface area (Å²) in [5, 5.41) is 0. The first-order valence-corrected chi connectivity index (χ1v) is 4.63. The molecule has 0 unspecified atom stereocenters. The van der Waals surface area contributed by atoms with Crippen molar-refractivity contribution in [1.82, 2.24) is 0 Å². The molecule has 0 atom stereocenters. The fraction of sp³-hybridized carbons (Fsp3) is 0.300. The van der Waals surface area contributed by atoms with Crippen LogP contribution in [0.25, 0.3) is 0 Å². The van der Waals surface area contributed by atoms with Crippen LogP contribution < -0.4 is 5.73 Å². The van der Waals surface area contributed by atoms with Gasteiger partial charge in [-0.2, -0.15) is 0 Å². The van der Waals surface area contributed by atoms with E-state index in [0.717, 1.165) is 11.3 Å². The zero-order chi connectivity index (χ0) is 9.84. The first kappa shape index (κ1) is 10.1. The molecule has 0 heterocycles. The van der Waals surface area contributed by atoms with Gasteiger partial charge in [0.2, 0.25) is 0 Å². The first-order chi connectivity index (χ1) is 6.13. The third-order valence-electron chi connectivity index (χ3n) is 1.77. The number of nitrogens with zero attached hydrogens (tertiary/aromatic N) is 1. The van der Waals surface area contributed by atoms with Crippen molar-refractivity contribution in [2.75, 3.05) is 5.88 Å². The maximum absolute atomic E-state index is 5.54. The summed E-state index contributed by atoms with van der Waals surface area (Å²) >= 11 is 5.54. The van der Waals surface area contributed by atoms with Crippen molar-refractivity contribution in [3.63, 3.8) is 0 Å². The number of amidine groups is 1. The molecule has 0 aliphatic carbocycles. The second-order valence-electron chi connectivity index (χ2n) is 3.03. The molecule has 2 nitrogen and oxygen atoms in total. The molecule has 13 heavy (non-hydrogen) atoms. The van der Waals surface area contributed by atoms with Gasteiger partial charge in [0.15, 0.2) is 0 Å². The number of hydrogen-bond acceptors (Lipinski definition) is 1. The van der Waals surface area contributed by atoms with Gasteiger partial charge in [-0.05, 0) is 31.0 Å². The van der Waals surface area contributed by atoms with Crippen molar-refractivity contribution in [1.29, 1.82) is 0 Å². The van der Waals surface area contributed by atoms with Crippen LogP contribution >= 0.6 is 11.6 Å². The molecule has 0 aliphatic rings. The minimum atomic E-state index is 0.271. The summed E-state index contributed by atoms with van der Waals surface area (Å²) < 4.78 is 0. The predicted molar refractivity (Wildman–Crippen MR) is 57.9 cm³/mol. The van der Waals surface area contributed by atoms with E-state index in [2.05, 4.69) is 4.99 Å². The molecule has 0 amide bonds. The van der Waals surface area contributed by atoms with Crippen LogP contribution in [-0.4, -0.2) is 11.7 Å². The maximum Gasteiger partial charge on any atom is 0.115 e. The zero-order valence-electron chi connectivity index (χ0n) is 7.84. The molecule has 1 aromatic carbocycles. The molecule has 1 rings (SSSR count). The molecule has 0 aliphatic heterocycles. The molecule has 1 aromatic rings. The van der Waals surface area contributed by atoms with Crippen LogP contribution in [0.2, 0.25) is 0 Å². The van der Waals surface area contributed by atoms with Crippen molar-refractivity contribution < 1.29 is 0 Å². The van der Waals surface area contributed by atoms with E-state index in [1.807, 2.05) is 32.0 Å². The van der Waals surface area contributed by atoms with Gasteiger partial charge < -0.3 is 5.73 Å². The number of aliphatic imine (C=N–C) groups is 1. The van der Waals surface area contributed by atoms with Gasteiger partial charge in [0.1, 0.15) is 5.84 Å². The Morgan fingerprint density at radius 2 is 2.15 bits per heavy atom. The fourth-order valence-electron chi connectivity index (χ4n) is 1.02. The highest BCUT2D eigenvalue weighted by Gasteiger charge is 1.97. The molecular formula is C10H13ClN2. The Balaban J connectivity index is 3.07. The molecule has 0 aromatic heterocycles. The summed E-state index contributed by atoms with van der Waals surface area (Å²) in [4.78, 5) is 4.20. The van der Waals surface area contributed by atoms with Gasteiger partial charge in [0.25, 0.3) is 0 Å². The second kappa shape index (κ2) is 4.28. The van der Waals surface area contributed by atoms with E-state index in [4.69, 9.17) is 17.3 Å². The van der Waals surface area contributed by atoms with Crippen LogP contribution in [0.4, 0.5) is 5.69 Å². The molecule has 0 fully saturated rings. The summed E-state index contributed by atoms with van der Waals surface area (Å²) in [6.07, 6.45) is 0. The van der Waals surface area contributed by atoms with E-state index < -0.39 is 0 Å². The number of halogens is 1. The average Bonchev–Trinajstić information content (AvgIpc) is 2.11. The highest BCUT2D eigenvalue weighted by molar-refractivity contribution is 6.28. The second-order valence-corrected chi connectivity index (χ2v) is 3.29. The molecule has 0 radical (unpaired) electrons. The van der Waals surface area contributed by atoms with Crippen LogP contribution in [0.15, 0.2) is 23.2 Å². The highest BCUT2D eigenvalue weighted by Crippen LogP contribution is 2.19. The van der Waals surface area contributed by atoms with Crippen molar-refractivity contribution in [3.8, 4) is 0 Å². The molecule has 0 spiro atoms. The lowest BCUT2D eigenvalue weighted by Gasteiger charge is -2.02. The summed E-state index contributed by atoms with van der Waals surface area (Å²) in [6.45, 7) is 4.02. The summed E-state index contributed by atoms with van der Waals surface area (Å²) in [6, 6.07) is 6.07. The molecule has 70 valence electrons. The van der Waals surface area contributed by atoms with Crippen LogP contribution in [0.1, 0.15) is 11.1 Å². The Morgan fingerprint density at radius 3 is 2.77 bits per heavy atom. The molecule has 0 bridgehead atoms. The van der Waals surface area contributed by atoms with Gasteiger partial charge in [-0.15, -0.1) is 11.6 Å². The van der Waals surface area contributed by atoms with Gasteiger partial charge in [0.05, 0.1) is 11.6 Å². The van der Waals surface area contributed by atoms with Crippen LogP contribution in [-0.2, 0) is 0 Å². The minimum absolute atomic E-state index is 0.271. The highest BCUT2D eigenvalue weighted by atomic mass is 35.5. The normalized spacial score (nSPS) is 11.8. The van der Waals surface area contributed by atoms with Crippen molar-refractivity contribution in [2.45, 2.75) is 13.8 Å². The average molecular weight is 197 g/mol. The number of alkyl halides is 1. The van der Waals surface area contributed by atoms with Gasteiger partial charge in [-0.25, -0.2) is 4.99 Å². The van der Waals surface area contributed by atoms with Crippen molar-refractivity contribution >= 4 is 23.1 Å². The van der Waals surface area contributed by atoms with Gasteiger partial charge in [-0.1, -0.05) is 12.1 Å². The maximum atomic E-state index is 5.54. The Hall–Kier alpha value is -1.02. The third kappa shape index (κ3) is 2.74. The fourth-order valence-corrected chi connectivity index (χ4v) is 1.08. The lowest BCUT2D eigenvalue weighted by Crippen LogP contribution is -2.12. The number of rotatable bonds is 2. The standard InChI is InChI=1S/C10H13ClN2/c1-7-3-4-8(2)9(5-7)13-10(12)6-11/h3-5H,6H2,1-2H3,(H2,12,13). The van der Waals surface area contributed by atoms with E-state index in [1.165, 1.54) is 5.56 Å². The SMILES string of the molecule is Cc1ccc(C)c(N=C(N)CCl)c1. The van der Waals surface area contributed by atoms with E-state index in [9.17, 15) is 0 Å². The van der Waals surface area contributed by atoms with Crippen molar-refractivity contribution in [2.24, 2.45) is 10.7 Å². The van der Waals surface area contributed by atoms with Gasteiger partial charge in [-0.3, -0.25) is 0 Å². The molecular weight excluding hydrogens is 184 g/mol. The van der Waals surface area contributed by atoms with E-state index >= 15 is 0 Å². The molecule has 2 N–H and O–H groups in total. The summed E-state index contributed by atoms with van der Waals surface area (Å²) in [7, 11) is 0. The van der Waals surface area contributed by atoms with Gasteiger partial charge >= 0.3 is 0 Å². The van der Waals surface area contributed by atoms with Crippen LogP contribution in [0, 0.1) is 13.8 Å². The smallest absolute Gasteiger partial charge is 0.115 e. The Kier molecular flexibility index (Phi) is 3.32. The lowest BCUT2D eigenvalue weighted by molar-refractivity contribution is 1.33. The predicted octanol–water partition coefficient (Wildman–Crippen LogP) is 2.53. The number of hydrogen-bond donors (Lipinski definition) is 1. The first-order valence-electron chi connectivity index (χ1n) is 4.09. The molecule has 0 saturated carbocycles. The largest absolute Gasteiger partial charge is 0.386 e. The van der Waals surface area contributed by atoms with Crippen LogP contribution in [0.3, 0.4) is 0 Å².